The van der Waals surface area contributed by atoms with Crippen LogP contribution >= 0.6 is 11.3 Å². The molecule has 1 aromatic carbocycles. The van der Waals surface area contributed by atoms with Crippen LogP contribution in [0.1, 0.15) is 12.6 Å². The van der Waals surface area contributed by atoms with Crippen molar-refractivity contribution in [1.29, 1.82) is 0 Å². The van der Waals surface area contributed by atoms with Crippen LogP contribution in [0.15, 0.2) is 35.8 Å². The minimum atomic E-state index is 0.568. The number of rotatable bonds is 4. The Morgan fingerprint density at radius 1 is 1.29 bits per heavy atom. The van der Waals surface area contributed by atoms with E-state index in [0.717, 1.165) is 28.4 Å². The number of anilines is 1. The van der Waals surface area contributed by atoms with Crippen LogP contribution in [0.25, 0.3) is 16.9 Å². The zero-order valence-corrected chi connectivity index (χ0v) is 12.7. The molecule has 0 saturated carbocycles. The molecule has 5 nitrogen and oxygen atoms in total. The summed E-state index contributed by atoms with van der Waals surface area (Å²) in [5.74, 6) is 0.860. The lowest BCUT2D eigenvalue weighted by molar-refractivity contribution is 0.340. The number of aromatic nitrogens is 3. The molecule has 0 aliphatic heterocycles. The molecule has 0 aliphatic carbocycles. The van der Waals surface area contributed by atoms with Gasteiger partial charge in [-0.3, -0.25) is 0 Å². The van der Waals surface area contributed by atoms with Crippen molar-refractivity contribution in [3.63, 3.8) is 0 Å². The molecule has 2 aromatic heterocycles. The van der Waals surface area contributed by atoms with Gasteiger partial charge in [-0.25, -0.2) is 9.67 Å². The molecule has 6 heteroatoms. The van der Waals surface area contributed by atoms with Crippen LogP contribution in [-0.4, -0.2) is 21.4 Å². The Hall–Kier alpha value is -2.34. The molecule has 0 radical (unpaired) electrons. The molecule has 0 aliphatic rings. The highest BCUT2D eigenvalue weighted by Gasteiger charge is 2.12. The molecule has 0 fully saturated rings. The molecule has 0 bridgehead atoms. The van der Waals surface area contributed by atoms with E-state index in [-0.39, 0.29) is 0 Å². The first-order valence-corrected chi connectivity index (χ1v) is 7.56. The van der Waals surface area contributed by atoms with Gasteiger partial charge >= 0.3 is 0 Å². The first-order valence-electron chi connectivity index (χ1n) is 6.68. The van der Waals surface area contributed by atoms with Crippen molar-refractivity contribution >= 4 is 16.5 Å². The summed E-state index contributed by atoms with van der Waals surface area (Å²) in [6.45, 7) is 4.65. The molecule has 0 unspecified atom stereocenters. The van der Waals surface area contributed by atoms with Crippen LogP contribution in [0.4, 0.5) is 5.13 Å². The molecule has 0 atom stereocenters. The third kappa shape index (κ3) is 2.62. The first-order chi connectivity index (χ1) is 10.2. The maximum absolute atomic E-state index is 5.70. The van der Waals surface area contributed by atoms with Gasteiger partial charge in [-0.15, -0.1) is 11.3 Å². The highest BCUT2D eigenvalue weighted by molar-refractivity contribution is 7.13. The van der Waals surface area contributed by atoms with E-state index in [1.807, 2.05) is 54.4 Å². The van der Waals surface area contributed by atoms with Gasteiger partial charge in [0.2, 0.25) is 0 Å². The van der Waals surface area contributed by atoms with Crippen molar-refractivity contribution in [3.05, 3.63) is 41.5 Å². The third-order valence-electron chi connectivity index (χ3n) is 3.20. The number of hydrogen-bond donors (Lipinski definition) is 1. The third-order valence-corrected chi connectivity index (χ3v) is 3.87. The Kier molecular flexibility index (Phi) is 3.62. The first kappa shape index (κ1) is 13.6. The Morgan fingerprint density at radius 2 is 2.05 bits per heavy atom. The Morgan fingerprint density at radius 3 is 2.67 bits per heavy atom. The minimum absolute atomic E-state index is 0.568. The zero-order chi connectivity index (χ0) is 14.8. The van der Waals surface area contributed by atoms with Crippen LogP contribution < -0.4 is 10.5 Å². The fraction of sp³-hybridized carbons (Fsp3) is 0.200. The van der Waals surface area contributed by atoms with Crippen LogP contribution in [0, 0.1) is 6.92 Å². The zero-order valence-electron chi connectivity index (χ0n) is 11.9. The molecule has 0 amide bonds. The lowest BCUT2D eigenvalue weighted by atomic mass is 10.2. The lowest BCUT2D eigenvalue weighted by Crippen LogP contribution is -1.99. The van der Waals surface area contributed by atoms with Crippen molar-refractivity contribution in [2.24, 2.45) is 0 Å². The van der Waals surface area contributed by atoms with Gasteiger partial charge in [-0.2, -0.15) is 5.10 Å². The predicted molar refractivity (Wildman–Crippen MR) is 85.0 cm³/mol. The summed E-state index contributed by atoms with van der Waals surface area (Å²) in [4.78, 5) is 4.31. The second-order valence-electron chi connectivity index (χ2n) is 4.55. The van der Waals surface area contributed by atoms with Crippen molar-refractivity contribution < 1.29 is 4.74 Å². The summed E-state index contributed by atoms with van der Waals surface area (Å²) in [6, 6.07) is 7.87. The largest absolute Gasteiger partial charge is 0.494 e. The summed E-state index contributed by atoms with van der Waals surface area (Å²) < 4.78 is 7.34. The summed E-state index contributed by atoms with van der Waals surface area (Å²) >= 11 is 1.43. The fourth-order valence-electron chi connectivity index (χ4n) is 2.18. The second kappa shape index (κ2) is 5.57. The quantitative estimate of drug-likeness (QED) is 0.803. The van der Waals surface area contributed by atoms with Crippen LogP contribution in [0.5, 0.6) is 5.75 Å². The lowest BCUT2D eigenvalue weighted by Gasteiger charge is -2.07. The van der Waals surface area contributed by atoms with Gasteiger partial charge in [0.25, 0.3) is 0 Å². The van der Waals surface area contributed by atoms with E-state index in [9.17, 15) is 0 Å². The molecule has 2 heterocycles. The van der Waals surface area contributed by atoms with Gasteiger partial charge in [0.1, 0.15) is 5.75 Å². The molecule has 108 valence electrons. The summed E-state index contributed by atoms with van der Waals surface area (Å²) in [6.07, 6.45) is 1.82. The van der Waals surface area contributed by atoms with Gasteiger partial charge in [-0.1, -0.05) is 0 Å². The number of nitrogens with two attached hydrogens (primary N) is 1. The Balaban J connectivity index is 1.94. The molecule has 21 heavy (non-hydrogen) atoms. The normalized spacial score (nSPS) is 10.8. The number of nitrogen functional groups attached to an aromatic ring is 1. The SMILES string of the molecule is CCOc1ccc(-n2ncc(-c3csc(N)n3)c2C)cc1. The summed E-state index contributed by atoms with van der Waals surface area (Å²) in [7, 11) is 0. The number of hydrogen-bond acceptors (Lipinski definition) is 5. The van der Waals surface area contributed by atoms with Gasteiger partial charge < -0.3 is 10.5 Å². The van der Waals surface area contributed by atoms with Crippen molar-refractivity contribution in [3.8, 4) is 22.7 Å². The molecular weight excluding hydrogens is 284 g/mol. The maximum Gasteiger partial charge on any atom is 0.180 e. The van der Waals surface area contributed by atoms with Gasteiger partial charge in [0, 0.05) is 10.9 Å². The van der Waals surface area contributed by atoms with Gasteiger partial charge in [0.05, 0.1) is 29.9 Å². The smallest absolute Gasteiger partial charge is 0.180 e. The molecule has 3 aromatic rings. The van der Waals surface area contributed by atoms with Crippen molar-refractivity contribution in [2.75, 3.05) is 12.3 Å². The van der Waals surface area contributed by atoms with E-state index in [0.29, 0.717) is 11.7 Å². The second-order valence-corrected chi connectivity index (χ2v) is 5.44. The molecular formula is C15H16N4OS. The van der Waals surface area contributed by atoms with Gasteiger partial charge in [-0.05, 0) is 38.1 Å². The molecule has 3 rings (SSSR count). The maximum atomic E-state index is 5.70. The average Bonchev–Trinajstić information content (AvgIpc) is 3.06. The van der Waals surface area contributed by atoms with E-state index in [1.165, 1.54) is 11.3 Å². The number of benzene rings is 1. The average molecular weight is 300 g/mol. The van der Waals surface area contributed by atoms with E-state index in [1.54, 1.807) is 0 Å². The number of thiazole rings is 1. The van der Waals surface area contributed by atoms with Crippen LogP contribution in [-0.2, 0) is 0 Å². The van der Waals surface area contributed by atoms with Gasteiger partial charge in [0.15, 0.2) is 5.13 Å². The molecule has 0 spiro atoms. The minimum Gasteiger partial charge on any atom is -0.494 e. The molecule has 2 N–H and O–H groups in total. The summed E-state index contributed by atoms with van der Waals surface area (Å²) in [5.41, 5.74) is 9.58. The van der Waals surface area contributed by atoms with Crippen LogP contribution in [0.3, 0.4) is 0 Å². The van der Waals surface area contributed by atoms with Crippen LogP contribution in [0.2, 0.25) is 0 Å². The number of nitrogens with zero attached hydrogens (tertiary/aromatic N) is 3. The predicted octanol–water partition coefficient (Wildman–Crippen LogP) is 3.29. The topological polar surface area (TPSA) is 66.0 Å². The van der Waals surface area contributed by atoms with Crippen molar-refractivity contribution in [1.82, 2.24) is 14.8 Å². The summed E-state index contributed by atoms with van der Waals surface area (Å²) in [5, 5.41) is 6.96. The Bertz CT molecular complexity index is 745. The monoisotopic (exact) mass is 300 g/mol. The van der Waals surface area contributed by atoms with Crippen molar-refractivity contribution in [2.45, 2.75) is 13.8 Å². The van der Waals surface area contributed by atoms with E-state index < -0.39 is 0 Å². The Labute approximate surface area is 127 Å². The van der Waals surface area contributed by atoms with E-state index >= 15 is 0 Å². The highest BCUT2D eigenvalue weighted by atomic mass is 32.1. The highest BCUT2D eigenvalue weighted by Crippen LogP contribution is 2.27. The standard InChI is InChI=1S/C15H16N4OS/c1-3-20-12-6-4-11(5-7-12)19-10(2)13(8-17-19)14-9-21-15(16)18-14/h4-9H,3H2,1-2H3,(H2,16,18). The number of ether oxygens (including phenoxy) is 1. The fourth-order valence-corrected chi connectivity index (χ4v) is 2.75. The van der Waals surface area contributed by atoms with E-state index in [2.05, 4.69) is 10.1 Å². The molecule has 0 saturated heterocycles. The van der Waals surface area contributed by atoms with E-state index in [4.69, 9.17) is 10.5 Å².